The highest BCUT2D eigenvalue weighted by Crippen LogP contribution is 2.04. The predicted octanol–water partition coefficient (Wildman–Crippen LogP) is 1.40. The molecular weight excluding hydrogens is 268 g/mol. The average molecular weight is 292 g/mol. The topological polar surface area (TPSA) is 67.4 Å². The lowest BCUT2D eigenvalue weighted by Crippen LogP contribution is -2.46. The number of ether oxygens (including phenoxy) is 1. The summed E-state index contributed by atoms with van der Waals surface area (Å²) in [7, 11) is 1.34. The minimum absolute atomic E-state index is 0.0577. The normalized spacial score (nSPS) is 12.0. The third kappa shape index (κ3) is 5.95. The van der Waals surface area contributed by atoms with Gasteiger partial charge >= 0.3 is 5.97 Å². The molecule has 2 N–H and O–H groups in total. The monoisotopic (exact) mass is 292 g/mol. The van der Waals surface area contributed by atoms with E-state index in [1.807, 2.05) is 45.0 Å². The maximum absolute atomic E-state index is 11.8. The Balaban J connectivity index is 2.39. The first-order valence-electron chi connectivity index (χ1n) is 7.07. The number of carbonyl (C=O) groups excluding carboxylic acids is 2. The molecule has 5 heteroatoms. The van der Waals surface area contributed by atoms with Crippen molar-refractivity contribution < 1.29 is 14.3 Å². The van der Waals surface area contributed by atoms with Crippen LogP contribution >= 0.6 is 0 Å². The molecule has 0 spiro atoms. The molecule has 0 heterocycles. The summed E-state index contributed by atoms with van der Waals surface area (Å²) in [6.45, 7) is 6.39. The van der Waals surface area contributed by atoms with Gasteiger partial charge < -0.3 is 10.1 Å². The second-order valence-electron chi connectivity index (χ2n) is 5.39. The number of amides is 1. The Morgan fingerprint density at radius 2 is 1.81 bits per heavy atom. The molecule has 1 rings (SSSR count). The van der Waals surface area contributed by atoms with E-state index in [9.17, 15) is 9.59 Å². The van der Waals surface area contributed by atoms with Crippen molar-refractivity contribution in [2.75, 3.05) is 13.7 Å². The Labute approximate surface area is 126 Å². The van der Waals surface area contributed by atoms with Crippen molar-refractivity contribution in [1.29, 1.82) is 0 Å². The Morgan fingerprint density at radius 3 is 2.33 bits per heavy atom. The van der Waals surface area contributed by atoms with Crippen LogP contribution in [0.2, 0.25) is 0 Å². The van der Waals surface area contributed by atoms with Crippen LogP contribution < -0.4 is 10.6 Å². The molecule has 0 saturated heterocycles. The molecule has 0 aromatic heterocycles. The van der Waals surface area contributed by atoms with Gasteiger partial charge in [-0.15, -0.1) is 0 Å². The molecule has 0 radical (unpaired) electrons. The molecule has 1 aromatic carbocycles. The number of methoxy groups -OCH3 is 1. The second-order valence-corrected chi connectivity index (χ2v) is 5.39. The zero-order chi connectivity index (χ0) is 15.8. The lowest BCUT2D eigenvalue weighted by Gasteiger charge is -2.19. The van der Waals surface area contributed by atoms with E-state index in [1.165, 1.54) is 12.7 Å². The van der Waals surface area contributed by atoms with Crippen molar-refractivity contribution >= 4 is 11.9 Å². The number of aryl methyl sites for hydroxylation is 1. The van der Waals surface area contributed by atoms with Crippen molar-refractivity contribution in [1.82, 2.24) is 10.6 Å². The zero-order valence-electron chi connectivity index (χ0n) is 13.1. The fraction of sp³-hybridized carbons (Fsp3) is 0.500. The summed E-state index contributed by atoms with van der Waals surface area (Å²) in [6, 6.07) is 7.50. The maximum Gasteiger partial charge on any atom is 0.323 e. The maximum atomic E-state index is 11.8. The van der Waals surface area contributed by atoms with Crippen LogP contribution in [0.15, 0.2) is 24.3 Å². The molecular formula is C16H24N2O3. The molecule has 21 heavy (non-hydrogen) atoms. The number of rotatable bonds is 7. The van der Waals surface area contributed by atoms with Gasteiger partial charge in [0.1, 0.15) is 6.04 Å². The van der Waals surface area contributed by atoms with Crippen LogP contribution in [0.5, 0.6) is 0 Å². The minimum atomic E-state index is -0.472. The van der Waals surface area contributed by atoms with Gasteiger partial charge in [-0.25, -0.2) is 0 Å². The highest BCUT2D eigenvalue weighted by atomic mass is 16.5. The summed E-state index contributed by atoms with van der Waals surface area (Å²) in [6.07, 6.45) is 0. The summed E-state index contributed by atoms with van der Waals surface area (Å²) in [4.78, 5) is 23.4. The number of esters is 1. The van der Waals surface area contributed by atoms with Gasteiger partial charge in [0.2, 0.25) is 5.91 Å². The van der Waals surface area contributed by atoms with Gasteiger partial charge in [-0.2, -0.15) is 0 Å². The van der Waals surface area contributed by atoms with Gasteiger partial charge in [-0.05, 0) is 18.4 Å². The van der Waals surface area contributed by atoms with Crippen molar-refractivity contribution in [2.24, 2.45) is 5.92 Å². The fourth-order valence-corrected chi connectivity index (χ4v) is 1.89. The predicted molar refractivity (Wildman–Crippen MR) is 81.7 cm³/mol. The molecule has 1 aromatic rings. The highest BCUT2D eigenvalue weighted by Gasteiger charge is 2.22. The number of benzene rings is 1. The van der Waals surface area contributed by atoms with Crippen molar-refractivity contribution in [3.63, 3.8) is 0 Å². The molecule has 5 nitrogen and oxygen atoms in total. The molecule has 1 amide bonds. The summed E-state index contributed by atoms with van der Waals surface area (Å²) in [5.41, 5.74) is 2.23. The Bertz CT molecular complexity index is 469. The molecule has 0 bridgehead atoms. The molecule has 0 aliphatic heterocycles. The van der Waals surface area contributed by atoms with E-state index in [0.29, 0.717) is 6.54 Å². The summed E-state index contributed by atoms with van der Waals surface area (Å²) in [5.74, 6) is -0.441. The number of carbonyl (C=O) groups is 2. The van der Waals surface area contributed by atoms with Crippen molar-refractivity contribution in [3.8, 4) is 0 Å². The van der Waals surface area contributed by atoms with Gasteiger partial charge in [-0.3, -0.25) is 14.9 Å². The minimum Gasteiger partial charge on any atom is -0.468 e. The quantitative estimate of drug-likeness (QED) is 0.745. The SMILES string of the molecule is COC(=O)C(NCC(=O)NCc1ccc(C)cc1)C(C)C. The largest absolute Gasteiger partial charge is 0.468 e. The highest BCUT2D eigenvalue weighted by molar-refractivity contribution is 5.80. The van der Waals surface area contributed by atoms with Crippen LogP contribution in [0, 0.1) is 12.8 Å². The van der Waals surface area contributed by atoms with Crippen molar-refractivity contribution in [2.45, 2.75) is 33.4 Å². The first kappa shape index (κ1) is 17.2. The first-order chi connectivity index (χ1) is 9.93. The van der Waals surface area contributed by atoms with E-state index in [2.05, 4.69) is 10.6 Å². The Kier molecular flexibility index (Phi) is 6.88. The number of hydrogen-bond donors (Lipinski definition) is 2. The van der Waals surface area contributed by atoms with Crippen LogP contribution in [0.25, 0.3) is 0 Å². The van der Waals surface area contributed by atoms with Crippen LogP contribution in [-0.4, -0.2) is 31.6 Å². The van der Waals surface area contributed by atoms with Gasteiger partial charge in [0.25, 0.3) is 0 Å². The van der Waals surface area contributed by atoms with Crippen LogP contribution in [0.1, 0.15) is 25.0 Å². The zero-order valence-corrected chi connectivity index (χ0v) is 13.1. The van der Waals surface area contributed by atoms with Gasteiger partial charge in [0, 0.05) is 6.54 Å². The standard InChI is InChI=1S/C16H24N2O3/c1-11(2)15(16(20)21-4)18-10-14(19)17-9-13-7-5-12(3)6-8-13/h5-8,11,15,18H,9-10H2,1-4H3,(H,17,19). The number of nitrogens with one attached hydrogen (secondary N) is 2. The number of hydrogen-bond acceptors (Lipinski definition) is 4. The molecule has 1 unspecified atom stereocenters. The summed E-state index contributed by atoms with van der Waals surface area (Å²) >= 11 is 0. The van der Waals surface area contributed by atoms with Gasteiger partial charge in [0.05, 0.1) is 13.7 Å². The van der Waals surface area contributed by atoms with E-state index in [1.54, 1.807) is 0 Å². The van der Waals surface area contributed by atoms with E-state index in [0.717, 1.165) is 5.56 Å². The Morgan fingerprint density at radius 1 is 1.19 bits per heavy atom. The average Bonchev–Trinajstić information content (AvgIpc) is 2.46. The van der Waals surface area contributed by atoms with E-state index in [4.69, 9.17) is 4.74 Å². The molecule has 0 aliphatic carbocycles. The van der Waals surface area contributed by atoms with Gasteiger partial charge in [0.15, 0.2) is 0 Å². The molecule has 1 atom stereocenters. The Hall–Kier alpha value is -1.88. The summed E-state index contributed by atoms with van der Waals surface area (Å²) < 4.78 is 4.71. The van der Waals surface area contributed by atoms with E-state index < -0.39 is 6.04 Å². The molecule has 0 fully saturated rings. The van der Waals surface area contributed by atoms with E-state index in [-0.39, 0.29) is 24.3 Å². The summed E-state index contributed by atoms with van der Waals surface area (Å²) in [5, 5.41) is 5.74. The third-order valence-electron chi connectivity index (χ3n) is 3.21. The molecule has 116 valence electrons. The molecule has 0 saturated carbocycles. The molecule has 0 aliphatic rings. The van der Waals surface area contributed by atoms with Crippen molar-refractivity contribution in [3.05, 3.63) is 35.4 Å². The van der Waals surface area contributed by atoms with E-state index >= 15 is 0 Å². The smallest absolute Gasteiger partial charge is 0.323 e. The lowest BCUT2D eigenvalue weighted by atomic mass is 10.0. The van der Waals surface area contributed by atoms with Crippen LogP contribution in [0.3, 0.4) is 0 Å². The first-order valence-corrected chi connectivity index (χ1v) is 7.07. The lowest BCUT2D eigenvalue weighted by molar-refractivity contribution is -0.144. The fourth-order valence-electron chi connectivity index (χ4n) is 1.89. The second kappa shape index (κ2) is 8.42. The van der Waals surface area contributed by atoms with Gasteiger partial charge in [-0.1, -0.05) is 43.7 Å². The third-order valence-corrected chi connectivity index (χ3v) is 3.21. The van der Waals surface area contributed by atoms with Crippen LogP contribution in [0.4, 0.5) is 0 Å². The van der Waals surface area contributed by atoms with Crippen LogP contribution in [-0.2, 0) is 20.9 Å².